The van der Waals surface area contributed by atoms with Crippen LogP contribution in [-0.2, 0) is 17.8 Å². The van der Waals surface area contributed by atoms with Crippen molar-refractivity contribution in [3.05, 3.63) is 26.6 Å². The van der Waals surface area contributed by atoms with E-state index in [-0.39, 0.29) is 18.5 Å². The van der Waals surface area contributed by atoms with Crippen molar-refractivity contribution in [3.63, 3.8) is 0 Å². The Morgan fingerprint density at radius 1 is 1.43 bits per heavy atom. The van der Waals surface area contributed by atoms with Gasteiger partial charge in [-0.15, -0.1) is 11.3 Å². The van der Waals surface area contributed by atoms with Gasteiger partial charge in [-0.25, -0.2) is 4.98 Å². The molecule has 1 amide bonds. The van der Waals surface area contributed by atoms with Gasteiger partial charge in [0.2, 0.25) is 0 Å². The van der Waals surface area contributed by atoms with Crippen LogP contribution < -0.4 is 11.3 Å². The van der Waals surface area contributed by atoms with Crippen LogP contribution in [0.4, 0.5) is 0 Å². The third-order valence-corrected chi connectivity index (χ3v) is 4.42. The number of carboxylic acids is 1. The summed E-state index contributed by atoms with van der Waals surface area (Å²) >= 11 is 1.09. The number of aromatic nitrogens is 2. The van der Waals surface area contributed by atoms with Gasteiger partial charge in [0.15, 0.2) is 0 Å². The third kappa shape index (κ3) is 2.66. The quantitative estimate of drug-likeness (QED) is 0.851. The molecule has 2 heterocycles. The van der Waals surface area contributed by atoms with Gasteiger partial charge >= 0.3 is 5.97 Å². The molecule has 0 saturated carbocycles. The van der Waals surface area contributed by atoms with Gasteiger partial charge in [-0.3, -0.25) is 19.0 Å². The van der Waals surface area contributed by atoms with Crippen LogP contribution >= 0.6 is 11.3 Å². The Hall–Kier alpha value is -2.22. The number of carboxylic acid groups (broad SMARTS) is 1. The topological polar surface area (TPSA) is 115 Å². The Labute approximate surface area is 124 Å². The monoisotopic (exact) mass is 309 g/mol. The molecule has 0 saturated heterocycles. The fourth-order valence-corrected chi connectivity index (χ4v) is 3.24. The first-order valence-corrected chi connectivity index (χ1v) is 7.22. The maximum Gasteiger partial charge on any atom is 0.305 e. The van der Waals surface area contributed by atoms with E-state index in [9.17, 15) is 14.4 Å². The highest BCUT2D eigenvalue weighted by atomic mass is 32.1. The molecule has 2 rings (SSSR count). The molecule has 0 aliphatic rings. The van der Waals surface area contributed by atoms with Gasteiger partial charge in [0, 0.05) is 13.0 Å². The van der Waals surface area contributed by atoms with Crippen molar-refractivity contribution in [3.8, 4) is 0 Å². The minimum atomic E-state index is -0.982. The molecule has 0 aliphatic carbocycles. The molecule has 2 aromatic heterocycles. The molecule has 0 spiro atoms. The number of aryl methyl sites for hydroxylation is 2. The maximum atomic E-state index is 12.6. The normalized spacial score (nSPS) is 11.0. The van der Waals surface area contributed by atoms with Gasteiger partial charge in [0.25, 0.3) is 11.5 Å². The van der Waals surface area contributed by atoms with Crippen molar-refractivity contribution in [1.82, 2.24) is 9.55 Å². The Morgan fingerprint density at radius 3 is 2.62 bits per heavy atom. The first kappa shape index (κ1) is 15.2. The lowest BCUT2D eigenvalue weighted by Crippen LogP contribution is -2.26. The van der Waals surface area contributed by atoms with Crippen molar-refractivity contribution >= 4 is 33.4 Å². The average molecular weight is 309 g/mol. The molecule has 0 unspecified atom stereocenters. The van der Waals surface area contributed by atoms with E-state index < -0.39 is 11.9 Å². The number of carbonyl (C=O) groups is 2. The Kier molecular flexibility index (Phi) is 4.08. The summed E-state index contributed by atoms with van der Waals surface area (Å²) in [5.74, 6) is -1.07. The summed E-state index contributed by atoms with van der Waals surface area (Å²) in [7, 11) is 0. The van der Waals surface area contributed by atoms with Crippen LogP contribution in [0, 0.1) is 6.92 Å². The number of nitrogens with two attached hydrogens (primary N) is 1. The van der Waals surface area contributed by atoms with Crippen molar-refractivity contribution in [1.29, 1.82) is 0 Å². The van der Waals surface area contributed by atoms with Gasteiger partial charge in [0.05, 0.1) is 16.7 Å². The molecule has 112 valence electrons. The smallest absolute Gasteiger partial charge is 0.305 e. The van der Waals surface area contributed by atoms with Crippen LogP contribution in [0.25, 0.3) is 10.2 Å². The van der Waals surface area contributed by atoms with Crippen molar-refractivity contribution in [2.24, 2.45) is 5.73 Å². The van der Waals surface area contributed by atoms with Crippen molar-refractivity contribution in [2.45, 2.75) is 33.2 Å². The lowest BCUT2D eigenvalue weighted by atomic mass is 10.2. The maximum absolute atomic E-state index is 12.6. The molecule has 21 heavy (non-hydrogen) atoms. The zero-order valence-electron chi connectivity index (χ0n) is 11.7. The number of aliphatic carboxylic acids is 1. The van der Waals surface area contributed by atoms with Crippen molar-refractivity contribution in [2.75, 3.05) is 0 Å². The predicted octanol–water partition coefficient (Wildman–Crippen LogP) is 0.902. The summed E-state index contributed by atoms with van der Waals surface area (Å²) < 4.78 is 1.36. The van der Waals surface area contributed by atoms with Gasteiger partial charge in [-0.05, 0) is 12.5 Å². The number of amides is 1. The van der Waals surface area contributed by atoms with E-state index in [4.69, 9.17) is 10.8 Å². The Balaban J connectivity index is 2.71. The standard InChI is InChI=1S/C13H15N3O4S/c1-3-7-15-12-9(6(2)10(21-12)11(14)19)13(20)16(7)5-4-8(17)18/h3-5H2,1-2H3,(H2,14,19)(H,17,18). The minimum Gasteiger partial charge on any atom is -0.481 e. The third-order valence-electron chi connectivity index (χ3n) is 3.22. The first-order chi connectivity index (χ1) is 9.86. The van der Waals surface area contributed by atoms with E-state index in [1.165, 1.54) is 4.57 Å². The lowest BCUT2D eigenvalue weighted by Gasteiger charge is -2.09. The molecule has 0 radical (unpaired) electrons. The van der Waals surface area contributed by atoms with Gasteiger partial charge in [-0.1, -0.05) is 6.92 Å². The van der Waals surface area contributed by atoms with Crippen LogP contribution in [-0.4, -0.2) is 26.5 Å². The molecular formula is C13H15N3O4S. The summed E-state index contributed by atoms with van der Waals surface area (Å²) in [6.45, 7) is 3.54. The number of rotatable bonds is 5. The molecule has 7 nitrogen and oxygen atoms in total. The van der Waals surface area contributed by atoms with Crippen LogP contribution in [0.3, 0.4) is 0 Å². The van der Waals surface area contributed by atoms with Crippen LogP contribution in [0.15, 0.2) is 4.79 Å². The number of nitrogens with zero attached hydrogens (tertiary/aromatic N) is 2. The number of primary amides is 1. The van der Waals surface area contributed by atoms with Crippen molar-refractivity contribution < 1.29 is 14.7 Å². The highest BCUT2D eigenvalue weighted by Gasteiger charge is 2.19. The number of thiophene rings is 1. The van der Waals surface area contributed by atoms with Crippen LogP contribution in [0.2, 0.25) is 0 Å². The largest absolute Gasteiger partial charge is 0.481 e. The molecule has 3 N–H and O–H groups in total. The second-order valence-electron chi connectivity index (χ2n) is 4.58. The van der Waals surface area contributed by atoms with E-state index >= 15 is 0 Å². The number of carbonyl (C=O) groups excluding carboxylic acids is 1. The molecule has 8 heteroatoms. The molecular weight excluding hydrogens is 294 g/mol. The van der Waals surface area contributed by atoms with Gasteiger partial charge in [0.1, 0.15) is 10.7 Å². The van der Waals surface area contributed by atoms with E-state index in [0.717, 1.165) is 11.3 Å². The second kappa shape index (κ2) is 5.65. The summed E-state index contributed by atoms with van der Waals surface area (Å²) in [5, 5.41) is 9.12. The lowest BCUT2D eigenvalue weighted by molar-refractivity contribution is -0.137. The van der Waals surface area contributed by atoms with E-state index in [1.807, 2.05) is 6.92 Å². The summed E-state index contributed by atoms with van der Waals surface area (Å²) in [5.41, 5.74) is 5.48. The molecule has 0 aliphatic heterocycles. The number of hydrogen-bond acceptors (Lipinski definition) is 5. The molecule has 0 aromatic carbocycles. The molecule has 0 atom stereocenters. The number of fused-ring (bicyclic) bond motifs is 1. The number of hydrogen-bond donors (Lipinski definition) is 2. The van der Waals surface area contributed by atoms with Crippen LogP contribution in [0.5, 0.6) is 0 Å². The first-order valence-electron chi connectivity index (χ1n) is 6.41. The minimum absolute atomic E-state index is 0.0570. The average Bonchev–Trinajstić information content (AvgIpc) is 2.74. The zero-order valence-corrected chi connectivity index (χ0v) is 12.5. The van der Waals surface area contributed by atoms with Crippen LogP contribution in [0.1, 0.15) is 34.4 Å². The Bertz CT molecular complexity index is 791. The van der Waals surface area contributed by atoms with Gasteiger partial charge in [-0.2, -0.15) is 0 Å². The second-order valence-corrected chi connectivity index (χ2v) is 5.58. The summed E-state index contributed by atoms with van der Waals surface area (Å²) in [6.07, 6.45) is 0.333. The predicted molar refractivity (Wildman–Crippen MR) is 78.8 cm³/mol. The fourth-order valence-electron chi connectivity index (χ4n) is 2.20. The summed E-state index contributed by atoms with van der Waals surface area (Å²) in [4.78, 5) is 39.8. The fraction of sp³-hybridized carbons (Fsp3) is 0.385. The molecule has 2 aromatic rings. The Morgan fingerprint density at radius 2 is 2.10 bits per heavy atom. The zero-order chi connectivity index (χ0) is 15.7. The van der Waals surface area contributed by atoms with E-state index in [1.54, 1.807) is 6.92 Å². The SMILES string of the molecule is CCc1nc2sc(C(N)=O)c(C)c2c(=O)n1CCC(=O)O. The van der Waals surface area contributed by atoms with Gasteiger partial charge < -0.3 is 10.8 Å². The summed E-state index contributed by atoms with van der Waals surface area (Å²) in [6, 6.07) is 0. The highest BCUT2D eigenvalue weighted by Crippen LogP contribution is 2.27. The molecule has 0 fully saturated rings. The van der Waals surface area contributed by atoms with E-state index in [0.29, 0.717) is 32.9 Å². The molecule has 0 bridgehead atoms. The van der Waals surface area contributed by atoms with E-state index in [2.05, 4.69) is 4.98 Å². The highest BCUT2D eigenvalue weighted by molar-refractivity contribution is 7.20.